The molecule has 0 aliphatic rings. The zero-order valence-electron chi connectivity index (χ0n) is 15.3. The molecular formula is C19H18ClN3O4S2. The first-order chi connectivity index (χ1) is 13.9. The first kappa shape index (κ1) is 21.1. The summed E-state index contributed by atoms with van der Waals surface area (Å²) in [5.41, 5.74) is 0.455. The molecule has 3 aromatic rings. The number of nitrogens with one attached hydrogen (secondary N) is 2. The minimum absolute atomic E-state index is 0.0629. The van der Waals surface area contributed by atoms with Crippen molar-refractivity contribution in [1.29, 1.82) is 0 Å². The Hall–Kier alpha value is -2.62. The van der Waals surface area contributed by atoms with Crippen molar-refractivity contribution in [2.45, 2.75) is 24.3 Å². The molecule has 152 valence electrons. The van der Waals surface area contributed by atoms with Crippen molar-refractivity contribution in [1.82, 2.24) is 4.98 Å². The summed E-state index contributed by atoms with van der Waals surface area (Å²) in [6, 6.07) is 12.6. The molecule has 0 fully saturated rings. The highest BCUT2D eigenvalue weighted by Crippen LogP contribution is 2.21. The second-order valence-electron chi connectivity index (χ2n) is 5.93. The van der Waals surface area contributed by atoms with E-state index in [1.807, 2.05) is 6.92 Å². The van der Waals surface area contributed by atoms with Crippen LogP contribution < -0.4 is 14.8 Å². The number of benzene rings is 2. The molecule has 3 rings (SSSR count). The largest absolute Gasteiger partial charge is 0.481 e. The summed E-state index contributed by atoms with van der Waals surface area (Å²) in [6.45, 7) is 1.83. The number of amides is 1. The highest BCUT2D eigenvalue weighted by atomic mass is 35.5. The number of anilines is 2. The van der Waals surface area contributed by atoms with E-state index in [9.17, 15) is 13.2 Å². The molecule has 0 aliphatic carbocycles. The molecule has 0 saturated heterocycles. The molecular weight excluding hydrogens is 434 g/mol. The zero-order chi connectivity index (χ0) is 20.9. The van der Waals surface area contributed by atoms with E-state index >= 15 is 0 Å². The van der Waals surface area contributed by atoms with E-state index in [0.29, 0.717) is 22.9 Å². The second kappa shape index (κ2) is 9.25. The molecule has 29 heavy (non-hydrogen) atoms. The van der Waals surface area contributed by atoms with Crippen LogP contribution in [0.4, 0.5) is 10.8 Å². The summed E-state index contributed by atoms with van der Waals surface area (Å²) < 4.78 is 32.8. The van der Waals surface area contributed by atoms with Crippen LogP contribution in [0.5, 0.6) is 5.75 Å². The van der Waals surface area contributed by atoms with Crippen molar-refractivity contribution in [2.75, 3.05) is 10.0 Å². The molecule has 0 bridgehead atoms. The van der Waals surface area contributed by atoms with Crippen LogP contribution in [-0.2, 0) is 14.8 Å². The molecule has 0 saturated carbocycles. The third-order valence-corrected chi connectivity index (χ3v) is 6.23. The van der Waals surface area contributed by atoms with Crippen LogP contribution >= 0.6 is 22.9 Å². The van der Waals surface area contributed by atoms with Crippen LogP contribution in [0.1, 0.15) is 13.3 Å². The van der Waals surface area contributed by atoms with Crippen LogP contribution in [-0.4, -0.2) is 25.4 Å². The normalized spacial score (nSPS) is 12.2. The Bertz CT molecular complexity index is 1070. The summed E-state index contributed by atoms with van der Waals surface area (Å²) in [5.74, 6) is 0.151. The Morgan fingerprint density at radius 2 is 2.00 bits per heavy atom. The molecule has 0 aliphatic heterocycles. The van der Waals surface area contributed by atoms with Crippen molar-refractivity contribution in [3.05, 3.63) is 65.1 Å². The predicted octanol–water partition coefficient (Wildman–Crippen LogP) is 4.39. The average molecular weight is 452 g/mol. The van der Waals surface area contributed by atoms with Gasteiger partial charge in [0.05, 0.1) is 4.90 Å². The number of carbonyl (C=O) groups excluding carboxylic acids is 1. The van der Waals surface area contributed by atoms with E-state index < -0.39 is 16.1 Å². The number of nitrogens with zero attached hydrogens (tertiary/aromatic N) is 1. The van der Waals surface area contributed by atoms with Crippen LogP contribution in [0.3, 0.4) is 0 Å². The minimum Gasteiger partial charge on any atom is -0.481 e. The van der Waals surface area contributed by atoms with Gasteiger partial charge in [0.1, 0.15) is 5.75 Å². The van der Waals surface area contributed by atoms with Gasteiger partial charge < -0.3 is 10.1 Å². The maximum Gasteiger partial charge on any atom is 0.265 e. The summed E-state index contributed by atoms with van der Waals surface area (Å²) in [7, 11) is -3.75. The number of ether oxygens (including phenoxy) is 1. The van der Waals surface area contributed by atoms with E-state index in [1.54, 1.807) is 29.6 Å². The monoisotopic (exact) mass is 451 g/mol. The Morgan fingerprint density at radius 1 is 1.24 bits per heavy atom. The fraction of sp³-hybridized carbons (Fsp3) is 0.158. The lowest BCUT2D eigenvalue weighted by molar-refractivity contribution is -0.122. The van der Waals surface area contributed by atoms with Gasteiger partial charge in [-0.1, -0.05) is 24.6 Å². The SMILES string of the molecule is CC[C@@H](Oc1cccc(Cl)c1)C(=O)Nc1ccc(S(=O)(=O)Nc2nccs2)cc1. The predicted molar refractivity (Wildman–Crippen MR) is 114 cm³/mol. The summed E-state index contributed by atoms with van der Waals surface area (Å²) >= 11 is 7.12. The fourth-order valence-electron chi connectivity index (χ4n) is 2.41. The smallest absolute Gasteiger partial charge is 0.265 e. The number of thiazole rings is 1. The van der Waals surface area contributed by atoms with E-state index in [0.717, 1.165) is 0 Å². The lowest BCUT2D eigenvalue weighted by Gasteiger charge is -2.17. The number of hydrogen-bond acceptors (Lipinski definition) is 6. The maximum absolute atomic E-state index is 12.5. The molecule has 0 spiro atoms. The Balaban J connectivity index is 1.65. The molecule has 7 nitrogen and oxygen atoms in total. The number of aromatic nitrogens is 1. The van der Waals surface area contributed by atoms with Crippen molar-refractivity contribution >= 4 is 49.7 Å². The number of hydrogen-bond donors (Lipinski definition) is 2. The molecule has 2 aromatic carbocycles. The third-order valence-electron chi connectivity index (χ3n) is 3.82. The van der Waals surface area contributed by atoms with Gasteiger partial charge in [0, 0.05) is 22.3 Å². The van der Waals surface area contributed by atoms with Crippen molar-refractivity contribution in [3.63, 3.8) is 0 Å². The standard InChI is InChI=1S/C19H18ClN3O4S2/c1-2-17(27-15-5-3-4-13(20)12-15)18(24)22-14-6-8-16(9-7-14)29(25,26)23-19-21-10-11-28-19/h3-12,17H,2H2,1H3,(H,21,23)(H,22,24)/t17-/m1/s1. The highest BCUT2D eigenvalue weighted by Gasteiger charge is 2.20. The molecule has 0 radical (unpaired) electrons. The van der Waals surface area contributed by atoms with Crippen LogP contribution in [0, 0.1) is 0 Å². The summed E-state index contributed by atoms with van der Waals surface area (Å²) in [5, 5.41) is 5.20. The Kier molecular flexibility index (Phi) is 6.73. The second-order valence-corrected chi connectivity index (χ2v) is 8.94. The van der Waals surface area contributed by atoms with Crippen molar-refractivity contribution in [2.24, 2.45) is 0 Å². The van der Waals surface area contributed by atoms with Gasteiger partial charge in [0.15, 0.2) is 11.2 Å². The molecule has 0 unspecified atom stereocenters. The molecule has 10 heteroatoms. The average Bonchev–Trinajstić information content (AvgIpc) is 3.19. The number of rotatable bonds is 8. The van der Waals surface area contributed by atoms with Gasteiger partial charge in [0.25, 0.3) is 15.9 Å². The third kappa shape index (κ3) is 5.69. The van der Waals surface area contributed by atoms with E-state index in [1.165, 1.54) is 41.8 Å². The van der Waals surface area contributed by atoms with Gasteiger partial charge in [0.2, 0.25) is 0 Å². The summed E-state index contributed by atoms with van der Waals surface area (Å²) in [6.07, 6.45) is 1.24. The van der Waals surface area contributed by atoms with E-state index in [4.69, 9.17) is 16.3 Å². The first-order valence-corrected chi connectivity index (χ1v) is 11.4. The van der Waals surface area contributed by atoms with Gasteiger partial charge >= 0.3 is 0 Å². The minimum atomic E-state index is -3.75. The fourth-order valence-corrected chi connectivity index (χ4v) is 4.38. The maximum atomic E-state index is 12.5. The first-order valence-electron chi connectivity index (χ1n) is 8.63. The van der Waals surface area contributed by atoms with Gasteiger partial charge in [-0.05, 0) is 48.9 Å². The van der Waals surface area contributed by atoms with Gasteiger partial charge in [-0.15, -0.1) is 11.3 Å². The van der Waals surface area contributed by atoms with E-state index in [2.05, 4.69) is 15.0 Å². The zero-order valence-corrected chi connectivity index (χ0v) is 17.7. The highest BCUT2D eigenvalue weighted by molar-refractivity contribution is 7.93. The Labute approximate surface area is 177 Å². The quantitative estimate of drug-likeness (QED) is 0.529. The van der Waals surface area contributed by atoms with Gasteiger partial charge in [-0.2, -0.15) is 0 Å². The molecule has 1 heterocycles. The molecule has 1 atom stereocenters. The molecule has 1 aromatic heterocycles. The summed E-state index contributed by atoms with van der Waals surface area (Å²) in [4.78, 5) is 16.5. The van der Waals surface area contributed by atoms with Crippen LogP contribution in [0.2, 0.25) is 5.02 Å². The van der Waals surface area contributed by atoms with Crippen molar-refractivity contribution in [3.8, 4) is 5.75 Å². The van der Waals surface area contributed by atoms with Crippen molar-refractivity contribution < 1.29 is 17.9 Å². The van der Waals surface area contributed by atoms with Gasteiger partial charge in [-0.25, -0.2) is 13.4 Å². The number of sulfonamides is 1. The molecule has 2 N–H and O–H groups in total. The van der Waals surface area contributed by atoms with Crippen LogP contribution in [0.25, 0.3) is 0 Å². The van der Waals surface area contributed by atoms with Crippen LogP contribution in [0.15, 0.2) is 65.0 Å². The number of carbonyl (C=O) groups is 1. The number of halogens is 1. The lowest BCUT2D eigenvalue weighted by Crippen LogP contribution is -2.32. The topological polar surface area (TPSA) is 97.4 Å². The van der Waals surface area contributed by atoms with E-state index in [-0.39, 0.29) is 15.9 Å². The lowest BCUT2D eigenvalue weighted by atomic mass is 10.2. The molecule has 1 amide bonds. The van der Waals surface area contributed by atoms with Gasteiger partial charge in [-0.3, -0.25) is 9.52 Å². The Morgan fingerprint density at radius 3 is 2.62 bits per heavy atom.